The van der Waals surface area contributed by atoms with E-state index in [1.807, 2.05) is 6.92 Å². The van der Waals surface area contributed by atoms with Crippen LogP contribution in [0, 0.1) is 0 Å². The highest BCUT2D eigenvalue weighted by Crippen LogP contribution is 2.29. The van der Waals surface area contributed by atoms with Gasteiger partial charge in [0, 0.05) is 6.42 Å². The van der Waals surface area contributed by atoms with Crippen LogP contribution in [0.1, 0.15) is 87.0 Å². The van der Waals surface area contributed by atoms with Crippen LogP contribution in [0.5, 0.6) is 0 Å². The number of ether oxygens (including phenoxy) is 3. The van der Waals surface area contributed by atoms with Gasteiger partial charge in [-0.1, -0.05) is 17.6 Å². The Morgan fingerprint density at radius 3 is 1.72 bits per heavy atom. The summed E-state index contributed by atoms with van der Waals surface area (Å²) in [5.41, 5.74) is 0.597. The molecule has 0 bridgehead atoms. The van der Waals surface area contributed by atoms with Crippen LogP contribution in [0.25, 0.3) is 0 Å². The van der Waals surface area contributed by atoms with Crippen molar-refractivity contribution in [2.24, 2.45) is 0 Å². The first-order valence-electron chi connectivity index (χ1n) is 10.3. The van der Waals surface area contributed by atoms with Gasteiger partial charge in [0.1, 0.15) is 17.2 Å². The molecule has 1 unspecified atom stereocenters. The lowest BCUT2D eigenvalue weighted by Crippen LogP contribution is -2.52. The summed E-state index contributed by atoms with van der Waals surface area (Å²) in [6.07, 6.45) is 3.69. The molecule has 1 saturated carbocycles. The molecular formula is C22H37NO6. The molecule has 2 amide bonds. The maximum Gasteiger partial charge on any atom is 0.420 e. The summed E-state index contributed by atoms with van der Waals surface area (Å²) < 4.78 is 15.7. The molecule has 0 radical (unpaired) electrons. The fourth-order valence-corrected chi connectivity index (χ4v) is 3.21. The molecule has 0 saturated heterocycles. The summed E-state index contributed by atoms with van der Waals surface area (Å²) >= 11 is 0. The zero-order valence-electron chi connectivity index (χ0n) is 19.2. The van der Waals surface area contributed by atoms with Crippen LogP contribution in [0.15, 0.2) is 11.1 Å². The first-order valence-corrected chi connectivity index (χ1v) is 10.3. The van der Waals surface area contributed by atoms with Crippen molar-refractivity contribution >= 4 is 18.2 Å². The number of allylic oxidation sites excluding steroid dienone is 1. The minimum absolute atomic E-state index is 0.195. The first kappa shape index (κ1) is 25.0. The van der Waals surface area contributed by atoms with E-state index >= 15 is 0 Å². The predicted octanol–water partition coefficient (Wildman–Crippen LogP) is 5.37. The monoisotopic (exact) mass is 411 g/mol. The number of amides is 2. The number of esters is 1. The molecule has 0 N–H and O–H groups in total. The molecule has 29 heavy (non-hydrogen) atoms. The zero-order valence-corrected chi connectivity index (χ0v) is 19.2. The van der Waals surface area contributed by atoms with Gasteiger partial charge in [-0.2, -0.15) is 4.90 Å². The van der Waals surface area contributed by atoms with Gasteiger partial charge in [0.25, 0.3) is 0 Å². The third-order valence-electron chi connectivity index (χ3n) is 4.53. The standard InChI is InChI=1S/C22H37NO6/c1-15(16-12-10-9-11-13-16)14-17(18(24)27-8)23(19(25)28-21(2,3)4)20(26)29-22(5,6)7/h17H,9-14H2,1-8H3. The molecule has 0 aromatic carbocycles. The largest absolute Gasteiger partial charge is 0.467 e. The van der Waals surface area contributed by atoms with Crippen LogP contribution >= 0.6 is 0 Å². The lowest BCUT2D eigenvalue weighted by Gasteiger charge is -2.32. The number of carbonyl (C=O) groups excluding carboxylic acids is 3. The van der Waals surface area contributed by atoms with Crippen molar-refractivity contribution in [3.63, 3.8) is 0 Å². The third-order valence-corrected chi connectivity index (χ3v) is 4.53. The molecule has 0 aromatic heterocycles. The van der Waals surface area contributed by atoms with Crippen LogP contribution < -0.4 is 0 Å². The van der Waals surface area contributed by atoms with Gasteiger partial charge in [-0.25, -0.2) is 14.4 Å². The second kappa shape index (κ2) is 10.1. The van der Waals surface area contributed by atoms with E-state index < -0.39 is 35.4 Å². The molecule has 0 aromatic rings. The average molecular weight is 412 g/mol. The first-order chi connectivity index (χ1) is 13.2. The van der Waals surface area contributed by atoms with E-state index in [4.69, 9.17) is 14.2 Å². The summed E-state index contributed by atoms with van der Waals surface area (Å²) in [6, 6.07) is -1.15. The van der Waals surface area contributed by atoms with Crippen LogP contribution in [0.3, 0.4) is 0 Å². The van der Waals surface area contributed by atoms with Crippen molar-refractivity contribution in [3.05, 3.63) is 11.1 Å². The molecule has 7 heteroatoms. The van der Waals surface area contributed by atoms with Gasteiger partial charge in [0.2, 0.25) is 0 Å². The van der Waals surface area contributed by atoms with Gasteiger partial charge in [0.05, 0.1) is 7.11 Å². The number of nitrogens with zero attached hydrogens (tertiary/aromatic N) is 1. The van der Waals surface area contributed by atoms with E-state index in [9.17, 15) is 14.4 Å². The Bertz CT molecular complexity index is 603. The Labute approximate surface area is 174 Å². The Morgan fingerprint density at radius 2 is 1.34 bits per heavy atom. The van der Waals surface area contributed by atoms with E-state index in [-0.39, 0.29) is 6.42 Å². The Balaban J connectivity index is 3.29. The van der Waals surface area contributed by atoms with Crippen LogP contribution in [-0.4, -0.2) is 47.4 Å². The van der Waals surface area contributed by atoms with Crippen molar-refractivity contribution in [2.45, 2.75) is 104 Å². The van der Waals surface area contributed by atoms with Crippen molar-refractivity contribution < 1.29 is 28.6 Å². The molecule has 1 atom stereocenters. The quantitative estimate of drug-likeness (QED) is 0.351. The van der Waals surface area contributed by atoms with Gasteiger partial charge in [0.15, 0.2) is 0 Å². The van der Waals surface area contributed by atoms with Crippen molar-refractivity contribution in [2.75, 3.05) is 7.11 Å². The normalized spacial score (nSPS) is 15.9. The van der Waals surface area contributed by atoms with Gasteiger partial charge in [-0.05, 0) is 74.1 Å². The summed E-state index contributed by atoms with van der Waals surface area (Å²) in [6.45, 7) is 12.1. The second-order valence-corrected chi connectivity index (χ2v) is 9.52. The van der Waals surface area contributed by atoms with Crippen molar-refractivity contribution in [3.8, 4) is 0 Å². The van der Waals surface area contributed by atoms with Gasteiger partial charge >= 0.3 is 18.2 Å². The van der Waals surface area contributed by atoms with Crippen LogP contribution in [0.4, 0.5) is 9.59 Å². The Hall–Kier alpha value is -2.05. The molecule has 1 aliphatic carbocycles. The minimum Gasteiger partial charge on any atom is -0.467 e. The molecular weight excluding hydrogens is 374 g/mol. The maximum absolute atomic E-state index is 12.9. The fourth-order valence-electron chi connectivity index (χ4n) is 3.21. The minimum atomic E-state index is -1.15. The summed E-state index contributed by atoms with van der Waals surface area (Å²) in [4.78, 5) is 39.1. The lowest BCUT2D eigenvalue weighted by molar-refractivity contribution is -0.146. The molecule has 166 valence electrons. The maximum atomic E-state index is 12.9. The van der Waals surface area contributed by atoms with Gasteiger partial charge in [-0.3, -0.25) is 0 Å². The topological polar surface area (TPSA) is 82.1 Å². The molecule has 0 aliphatic heterocycles. The predicted molar refractivity (Wildman–Crippen MR) is 111 cm³/mol. The van der Waals surface area contributed by atoms with E-state index in [2.05, 4.69) is 0 Å². The molecule has 1 aliphatic rings. The lowest BCUT2D eigenvalue weighted by atomic mass is 9.89. The zero-order chi connectivity index (χ0) is 22.4. The molecule has 1 fully saturated rings. The number of carbonyl (C=O) groups is 3. The Kier molecular flexibility index (Phi) is 8.72. The SMILES string of the molecule is COC(=O)C(CC(C)=C1CCCCC1)N(C(=O)OC(C)(C)C)C(=O)OC(C)(C)C. The van der Waals surface area contributed by atoms with E-state index in [0.717, 1.165) is 36.2 Å². The van der Waals surface area contributed by atoms with E-state index in [1.165, 1.54) is 19.1 Å². The molecule has 7 nitrogen and oxygen atoms in total. The third kappa shape index (κ3) is 8.46. The molecule has 0 heterocycles. The summed E-state index contributed by atoms with van der Waals surface area (Å²) in [5.74, 6) is -0.683. The van der Waals surface area contributed by atoms with Crippen molar-refractivity contribution in [1.82, 2.24) is 4.90 Å². The van der Waals surface area contributed by atoms with Gasteiger partial charge < -0.3 is 14.2 Å². The Morgan fingerprint density at radius 1 is 0.897 bits per heavy atom. The average Bonchev–Trinajstić information content (AvgIpc) is 2.58. The second-order valence-electron chi connectivity index (χ2n) is 9.52. The highest BCUT2D eigenvalue weighted by Gasteiger charge is 2.41. The van der Waals surface area contributed by atoms with Gasteiger partial charge in [-0.15, -0.1) is 0 Å². The van der Waals surface area contributed by atoms with Crippen LogP contribution in [0.2, 0.25) is 0 Å². The molecule has 1 rings (SSSR count). The number of methoxy groups -OCH3 is 1. The van der Waals surface area contributed by atoms with E-state index in [0.29, 0.717) is 0 Å². The summed E-state index contributed by atoms with van der Waals surface area (Å²) in [5, 5.41) is 0. The number of rotatable bonds is 4. The number of imide groups is 1. The van der Waals surface area contributed by atoms with Crippen LogP contribution in [-0.2, 0) is 19.0 Å². The van der Waals surface area contributed by atoms with E-state index in [1.54, 1.807) is 41.5 Å². The van der Waals surface area contributed by atoms with Crippen molar-refractivity contribution in [1.29, 1.82) is 0 Å². The smallest absolute Gasteiger partial charge is 0.420 e. The molecule has 0 spiro atoms. The summed E-state index contributed by atoms with van der Waals surface area (Å²) in [7, 11) is 1.24. The highest BCUT2D eigenvalue weighted by molar-refractivity contribution is 5.94. The number of hydrogen-bond acceptors (Lipinski definition) is 6. The fraction of sp³-hybridized carbons (Fsp3) is 0.773. The highest BCUT2D eigenvalue weighted by atomic mass is 16.6. The number of hydrogen-bond donors (Lipinski definition) is 0.